The lowest BCUT2D eigenvalue weighted by molar-refractivity contribution is 0.364. The van der Waals surface area contributed by atoms with Crippen molar-refractivity contribution in [3.63, 3.8) is 0 Å². The Morgan fingerprint density at radius 2 is 2.05 bits per heavy atom. The van der Waals surface area contributed by atoms with Crippen LogP contribution in [0.15, 0.2) is 39.5 Å². The van der Waals surface area contributed by atoms with E-state index in [4.69, 9.17) is 10.3 Å². The summed E-state index contributed by atoms with van der Waals surface area (Å²) >= 11 is 3.38. The molecule has 1 aromatic carbocycles. The lowest BCUT2D eigenvalue weighted by Gasteiger charge is -1.94. The van der Waals surface area contributed by atoms with Crippen LogP contribution in [-0.2, 0) is 13.1 Å². The fourth-order valence-corrected chi connectivity index (χ4v) is 1.95. The second kappa shape index (κ2) is 5.51. The summed E-state index contributed by atoms with van der Waals surface area (Å²) in [4.78, 5) is 4.33. The molecule has 102 valence electrons. The minimum absolute atomic E-state index is 0.355. The highest BCUT2D eigenvalue weighted by Crippen LogP contribution is 2.19. The highest BCUT2D eigenvalue weighted by molar-refractivity contribution is 9.10. The molecule has 0 aliphatic heterocycles. The van der Waals surface area contributed by atoms with Gasteiger partial charge in [-0.15, -0.1) is 5.10 Å². The molecule has 2 heterocycles. The summed E-state index contributed by atoms with van der Waals surface area (Å²) in [7, 11) is 0. The number of hydrogen-bond donors (Lipinski definition) is 1. The minimum Gasteiger partial charge on any atom is -0.337 e. The van der Waals surface area contributed by atoms with Gasteiger partial charge >= 0.3 is 0 Å². The summed E-state index contributed by atoms with van der Waals surface area (Å²) in [5.74, 6) is 1.02. The first-order valence-electron chi connectivity index (χ1n) is 5.92. The van der Waals surface area contributed by atoms with Crippen LogP contribution in [0.2, 0.25) is 0 Å². The predicted molar refractivity (Wildman–Crippen MR) is 74.4 cm³/mol. The van der Waals surface area contributed by atoms with Crippen LogP contribution in [0.4, 0.5) is 0 Å². The fraction of sp³-hybridized carbons (Fsp3) is 0.167. The zero-order valence-corrected chi connectivity index (χ0v) is 12.0. The van der Waals surface area contributed by atoms with E-state index in [0.29, 0.717) is 24.8 Å². The molecule has 0 amide bonds. The zero-order chi connectivity index (χ0) is 13.9. The maximum atomic E-state index is 5.48. The summed E-state index contributed by atoms with van der Waals surface area (Å²) in [5, 5.41) is 11.8. The second-order valence-electron chi connectivity index (χ2n) is 4.13. The van der Waals surface area contributed by atoms with Crippen LogP contribution >= 0.6 is 15.9 Å². The van der Waals surface area contributed by atoms with Crippen LogP contribution in [-0.4, -0.2) is 25.1 Å². The van der Waals surface area contributed by atoms with E-state index < -0.39 is 0 Å². The Morgan fingerprint density at radius 1 is 1.25 bits per heavy atom. The molecule has 0 saturated heterocycles. The standard InChI is InChI=1S/C12H11BrN6O/c13-9-3-1-8(2-4-9)12-15-11(20-17-12)7-19-6-10(5-14)16-18-19/h1-4,6H,5,7,14H2. The molecular weight excluding hydrogens is 324 g/mol. The summed E-state index contributed by atoms with van der Waals surface area (Å²) in [6.07, 6.45) is 1.75. The van der Waals surface area contributed by atoms with E-state index in [9.17, 15) is 0 Å². The summed E-state index contributed by atoms with van der Waals surface area (Å²) < 4.78 is 7.82. The molecule has 0 unspecified atom stereocenters. The summed E-state index contributed by atoms with van der Waals surface area (Å²) in [6.45, 7) is 0.727. The normalized spacial score (nSPS) is 10.9. The highest BCUT2D eigenvalue weighted by atomic mass is 79.9. The van der Waals surface area contributed by atoms with Crippen LogP contribution in [0.3, 0.4) is 0 Å². The van der Waals surface area contributed by atoms with Gasteiger partial charge in [-0.25, -0.2) is 4.68 Å². The fourth-order valence-electron chi connectivity index (χ4n) is 1.68. The van der Waals surface area contributed by atoms with E-state index in [1.807, 2.05) is 24.3 Å². The van der Waals surface area contributed by atoms with Gasteiger partial charge in [-0.3, -0.25) is 0 Å². The van der Waals surface area contributed by atoms with E-state index in [1.54, 1.807) is 10.9 Å². The Balaban J connectivity index is 1.78. The van der Waals surface area contributed by atoms with Crippen LogP contribution in [0.1, 0.15) is 11.6 Å². The molecular formula is C12H11BrN6O. The Hall–Kier alpha value is -2.06. The number of rotatable bonds is 4. The lowest BCUT2D eigenvalue weighted by Crippen LogP contribution is -2.00. The Morgan fingerprint density at radius 3 is 2.75 bits per heavy atom. The van der Waals surface area contributed by atoms with Gasteiger partial charge in [0.25, 0.3) is 0 Å². The molecule has 0 fully saturated rings. The van der Waals surface area contributed by atoms with Crippen molar-refractivity contribution in [3.05, 3.63) is 46.5 Å². The van der Waals surface area contributed by atoms with Crippen molar-refractivity contribution in [2.24, 2.45) is 5.73 Å². The first-order valence-corrected chi connectivity index (χ1v) is 6.71. The maximum absolute atomic E-state index is 5.48. The molecule has 7 nitrogen and oxygen atoms in total. The largest absolute Gasteiger partial charge is 0.337 e. The van der Waals surface area contributed by atoms with Crippen molar-refractivity contribution < 1.29 is 4.52 Å². The predicted octanol–water partition coefficient (Wildman–Crippen LogP) is 1.60. The number of aromatic nitrogens is 5. The van der Waals surface area contributed by atoms with Crippen molar-refractivity contribution in [2.45, 2.75) is 13.1 Å². The monoisotopic (exact) mass is 334 g/mol. The number of halogens is 1. The van der Waals surface area contributed by atoms with Crippen molar-refractivity contribution in [3.8, 4) is 11.4 Å². The molecule has 0 aliphatic carbocycles. The number of hydrogen-bond acceptors (Lipinski definition) is 6. The van der Waals surface area contributed by atoms with E-state index in [0.717, 1.165) is 15.7 Å². The first-order chi connectivity index (χ1) is 9.74. The van der Waals surface area contributed by atoms with E-state index in [1.165, 1.54) is 0 Å². The molecule has 3 rings (SSSR count). The molecule has 3 aromatic rings. The van der Waals surface area contributed by atoms with Crippen molar-refractivity contribution in [1.82, 2.24) is 25.1 Å². The van der Waals surface area contributed by atoms with Gasteiger partial charge in [-0.2, -0.15) is 4.98 Å². The van der Waals surface area contributed by atoms with Crippen LogP contribution in [0, 0.1) is 0 Å². The number of nitrogens with two attached hydrogens (primary N) is 1. The van der Waals surface area contributed by atoms with Crippen molar-refractivity contribution in [1.29, 1.82) is 0 Å². The van der Waals surface area contributed by atoms with Crippen LogP contribution in [0.25, 0.3) is 11.4 Å². The van der Waals surface area contributed by atoms with Gasteiger partial charge in [0.15, 0.2) is 0 Å². The third-order valence-corrected chi connectivity index (χ3v) is 3.19. The minimum atomic E-state index is 0.355. The van der Waals surface area contributed by atoms with E-state index in [2.05, 4.69) is 36.4 Å². The Kier molecular flexibility index (Phi) is 3.57. The van der Waals surface area contributed by atoms with Gasteiger partial charge in [-0.05, 0) is 24.3 Å². The highest BCUT2D eigenvalue weighted by Gasteiger charge is 2.10. The average Bonchev–Trinajstić information content (AvgIpc) is 3.09. The van der Waals surface area contributed by atoms with Gasteiger partial charge in [0, 0.05) is 16.6 Å². The molecule has 0 aliphatic rings. The summed E-state index contributed by atoms with van der Waals surface area (Å²) in [6, 6.07) is 7.69. The van der Waals surface area contributed by atoms with E-state index in [-0.39, 0.29) is 0 Å². The molecule has 0 saturated carbocycles. The topological polar surface area (TPSA) is 95.7 Å². The van der Waals surface area contributed by atoms with Gasteiger partial charge in [0.05, 0.1) is 11.9 Å². The van der Waals surface area contributed by atoms with Gasteiger partial charge in [-0.1, -0.05) is 26.3 Å². The Labute approximate surface area is 122 Å². The van der Waals surface area contributed by atoms with Crippen molar-refractivity contribution >= 4 is 15.9 Å². The van der Waals surface area contributed by atoms with E-state index >= 15 is 0 Å². The SMILES string of the molecule is NCc1cn(Cc2nc(-c3ccc(Br)cc3)no2)nn1. The number of nitrogens with zero attached hydrogens (tertiary/aromatic N) is 5. The summed E-state index contributed by atoms with van der Waals surface area (Å²) in [5.41, 5.74) is 7.09. The molecule has 0 bridgehead atoms. The molecule has 0 spiro atoms. The third kappa shape index (κ3) is 2.75. The van der Waals surface area contributed by atoms with Crippen LogP contribution < -0.4 is 5.73 Å². The average molecular weight is 335 g/mol. The first kappa shape index (κ1) is 12.9. The molecule has 20 heavy (non-hydrogen) atoms. The van der Waals surface area contributed by atoms with Gasteiger partial charge in [0.1, 0.15) is 6.54 Å². The smallest absolute Gasteiger partial charge is 0.248 e. The number of benzene rings is 1. The lowest BCUT2D eigenvalue weighted by atomic mass is 10.2. The third-order valence-electron chi connectivity index (χ3n) is 2.66. The van der Waals surface area contributed by atoms with Gasteiger partial charge in [0.2, 0.25) is 11.7 Å². The molecule has 2 aromatic heterocycles. The molecule has 0 atom stereocenters. The molecule has 0 radical (unpaired) electrons. The van der Waals surface area contributed by atoms with Crippen LogP contribution in [0.5, 0.6) is 0 Å². The molecule has 8 heteroatoms. The zero-order valence-electron chi connectivity index (χ0n) is 10.4. The maximum Gasteiger partial charge on any atom is 0.248 e. The second-order valence-corrected chi connectivity index (χ2v) is 5.05. The quantitative estimate of drug-likeness (QED) is 0.778. The Bertz CT molecular complexity index is 705. The van der Waals surface area contributed by atoms with Crippen molar-refractivity contribution in [2.75, 3.05) is 0 Å². The molecule has 2 N–H and O–H groups in total. The van der Waals surface area contributed by atoms with Gasteiger partial charge < -0.3 is 10.3 Å².